The van der Waals surface area contributed by atoms with E-state index in [0.717, 1.165) is 5.56 Å². The molecule has 1 heterocycles. The maximum Gasteiger partial charge on any atom is 0.321 e. The Kier molecular flexibility index (Phi) is 7.79. The lowest BCUT2D eigenvalue weighted by Crippen LogP contribution is -2.49. The number of amides is 4. The number of hydrogen-bond donors (Lipinski definition) is 3. The third-order valence-electron chi connectivity index (χ3n) is 4.63. The molecule has 1 unspecified atom stereocenters. The van der Waals surface area contributed by atoms with Crippen LogP contribution in [0.3, 0.4) is 0 Å². The first-order valence-electron chi connectivity index (χ1n) is 9.60. The summed E-state index contributed by atoms with van der Waals surface area (Å²) in [6.45, 7) is 7.39. The van der Waals surface area contributed by atoms with Crippen LogP contribution in [0.1, 0.15) is 45.2 Å². The molecule has 2 rings (SSSR count). The van der Waals surface area contributed by atoms with E-state index >= 15 is 0 Å². The predicted molar refractivity (Wildman–Crippen MR) is 104 cm³/mol. The van der Waals surface area contributed by atoms with E-state index in [4.69, 9.17) is 0 Å². The van der Waals surface area contributed by atoms with Gasteiger partial charge in [-0.25, -0.2) is 4.79 Å². The number of piperidine rings is 1. The molecule has 0 radical (unpaired) electrons. The van der Waals surface area contributed by atoms with E-state index in [-0.39, 0.29) is 23.8 Å². The van der Waals surface area contributed by atoms with Crippen LogP contribution in [0.2, 0.25) is 0 Å². The topological polar surface area (TPSA) is 90.5 Å². The average molecular weight is 374 g/mol. The monoisotopic (exact) mass is 374 g/mol. The van der Waals surface area contributed by atoms with Crippen molar-refractivity contribution in [1.29, 1.82) is 0 Å². The van der Waals surface area contributed by atoms with Crippen molar-refractivity contribution in [3.8, 4) is 0 Å². The summed E-state index contributed by atoms with van der Waals surface area (Å²) < 4.78 is 0. The maximum atomic E-state index is 12.8. The van der Waals surface area contributed by atoms with Crippen molar-refractivity contribution < 1.29 is 14.4 Å². The third kappa shape index (κ3) is 6.06. The van der Waals surface area contributed by atoms with Crippen molar-refractivity contribution in [1.82, 2.24) is 20.9 Å². The highest BCUT2D eigenvalue weighted by atomic mass is 16.2. The van der Waals surface area contributed by atoms with Gasteiger partial charge < -0.3 is 10.6 Å². The van der Waals surface area contributed by atoms with Crippen LogP contribution in [0, 0.1) is 5.92 Å². The zero-order valence-electron chi connectivity index (χ0n) is 16.3. The number of nitrogens with one attached hydrogen (secondary N) is 3. The van der Waals surface area contributed by atoms with Crippen LogP contribution in [0.4, 0.5) is 4.79 Å². The van der Waals surface area contributed by atoms with E-state index in [2.05, 4.69) is 16.0 Å². The molecule has 7 heteroatoms. The molecule has 4 amide bonds. The number of rotatable bonds is 6. The van der Waals surface area contributed by atoms with E-state index in [1.165, 1.54) is 0 Å². The molecule has 7 nitrogen and oxygen atoms in total. The summed E-state index contributed by atoms with van der Waals surface area (Å²) in [5.74, 6) is -0.309. The van der Waals surface area contributed by atoms with Gasteiger partial charge in [0.25, 0.3) is 0 Å². The summed E-state index contributed by atoms with van der Waals surface area (Å²) in [4.78, 5) is 38.9. The maximum absolute atomic E-state index is 12.8. The molecule has 1 fully saturated rings. The Balaban J connectivity index is 2.08. The smallest absolute Gasteiger partial charge is 0.321 e. The van der Waals surface area contributed by atoms with Crippen LogP contribution < -0.4 is 16.0 Å². The number of likely N-dealkylation sites (tertiary alicyclic amines) is 1. The number of imide groups is 1. The van der Waals surface area contributed by atoms with Crippen LogP contribution >= 0.6 is 0 Å². The molecule has 148 valence electrons. The van der Waals surface area contributed by atoms with Gasteiger partial charge in [-0.3, -0.25) is 19.8 Å². The number of carbonyl (C=O) groups is 3. The van der Waals surface area contributed by atoms with Gasteiger partial charge in [-0.1, -0.05) is 30.3 Å². The minimum Gasteiger partial charge on any atom is -0.354 e. The minimum absolute atomic E-state index is 0.0356. The highest BCUT2D eigenvalue weighted by Gasteiger charge is 2.33. The number of hydrogen-bond acceptors (Lipinski definition) is 4. The second kappa shape index (κ2) is 10.1. The third-order valence-corrected chi connectivity index (χ3v) is 4.63. The van der Waals surface area contributed by atoms with Crippen LogP contribution in [-0.2, 0) is 9.59 Å². The standard InChI is InChI=1S/C20H30N4O3/c1-4-21-20(27)23-19(26)17(15-8-6-5-7-9-15)24-12-10-16(11-13-24)18(25)22-14(2)3/h5-9,14,16-17H,4,10-13H2,1-3H3,(H,22,25)(H2,21,23,26,27). The highest BCUT2D eigenvalue weighted by molar-refractivity contribution is 5.97. The molecule has 0 saturated carbocycles. The Morgan fingerprint density at radius 1 is 1.11 bits per heavy atom. The van der Waals surface area contributed by atoms with Gasteiger partial charge in [0.2, 0.25) is 11.8 Å². The molecule has 27 heavy (non-hydrogen) atoms. The SMILES string of the molecule is CCNC(=O)NC(=O)C(c1ccccc1)N1CCC(C(=O)NC(C)C)CC1. The first-order chi connectivity index (χ1) is 12.9. The Morgan fingerprint density at radius 3 is 2.30 bits per heavy atom. The fourth-order valence-electron chi connectivity index (χ4n) is 3.37. The predicted octanol–water partition coefficient (Wildman–Crippen LogP) is 1.81. The first kappa shape index (κ1) is 20.9. The molecular weight excluding hydrogens is 344 g/mol. The van der Waals surface area contributed by atoms with Gasteiger partial charge in [0.1, 0.15) is 6.04 Å². The molecule has 1 saturated heterocycles. The molecule has 1 aliphatic rings. The van der Waals surface area contributed by atoms with Crippen LogP contribution in [-0.4, -0.2) is 48.4 Å². The number of nitrogens with zero attached hydrogens (tertiary/aromatic N) is 1. The normalized spacial score (nSPS) is 16.6. The Labute approximate surface area is 160 Å². The van der Waals surface area contributed by atoms with Gasteiger partial charge in [-0.05, 0) is 52.3 Å². The van der Waals surface area contributed by atoms with Crippen LogP contribution in [0.25, 0.3) is 0 Å². The summed E-state index contributed by atoms with van der Waals surface area (Å²) in [7, 11) is 0. The summed E-state index contributed by atoms with van der Waals surface area (Å²) in [5.41, 5.74) is 0.837. The van der Waals surface area contributed by atoms with E-state index in [9.17, 15) is 14.4 Å². The number of urea groups is 1. The van der Waals surface area contributed by atoms with E-state index in [0.29, 0.717) is 32.5 Å². The molecule has 0 aliphatic carbocycles. The Hall–Kier alpha value is -2.41. The van der Waals surface area contributed by atoms with Gasteiger partial charge in [-0.2, -0.15) is 0 Å². The van der Waals surface area contributed by atoms with Crippen molar-refractivity contribution in [2.24, 2.45) is 5.92 Å². The lowest BCUT2D eigenvalue weighted by Gasteiger charge is -2.36. The largest absolute Gasteiger partial charge is 0.354 e. The minimum atomic E-state index is -0.553. The van der Waals surface area contributed by atoms with Crippen molar-refractivity contribution in [3.05, 3.63) is 35.9 Å². The zero-order chi connectivity index (χ0) is 19.8. The molecule has 3 N–H and O–H groups in total. The second-order valence-corrected chi connectivity index (χ2v) is 7.14. The number of benzene rings is 1. The van der Waals surface area contributed by atoms with E-state index in [1.807, 2.05) is 49.1 Å². The summed E-state index contributed by atoms with van der Waals surface area (Å²) in [5, 5.41) is 7.97. The lowest BCUT2D eigenvalue weighted by molar-refractivity contribution is -0.128. The van der Waals surface area contributed by atoms with Crippen molar-refractivity contribution in [2.75, 3.05) is 19.6 Å². The lowest BCUT2D eigenvalue weighted by atomic mass is 9.93. The summed E-state index contributed by atoms with van der Waals surface area (Å²) in [6, 6.07) is 8.51. The highest BCUT2D eigenvalue weighted by Crippen LogP contribution is 2.27. The first-order valence-corrected chi connectivity index (χ1v) is 9.60. The van der Waals surface area contributed by atoms with Crippen LogP contribution in [0.15, 0.2) is 30.3 Å². The van der Waals surface area contributed by atoms with Gasteiger partial charge >= 0.3 is 6.03 Å². The van der Waals surface area contributed by atoms with Gasteiger partial charge in [0, 0.05) is 18.5 Å². The fraction of sp³-hybridized carbons (Fsp3) is 0.550. The molecule has 1 aliphatic heterocycles. The van der Waals surface area contributed by atoms with Crippen LogP contribution in [0.5, 0.6) is 0 Å². The fourth-order valence-corrected chi connectivity index (χ4v) is 3.37. The molecule has 1 aromatic rings. The van der Waals surface area contributed by atoms with Crippen molar-refractivity contribution in [3.63, 3.8) is 0 Å². The molecular formula is C20H30N4O3. The Morgan fingerprint density at radius 2 is 1.74 bits per heavy atom. The molecule has 1 atom stereocenters. The quantitative estimate of drug-likeness (QED) is 0.708. The Bertz CT molecular complexity index is 640. The van der Waals surface area contributed by atoms with Gasteiger partial charge in [0.15, 0.2) is 0 Å². The van der Waals surface area contributed by atoms with Crippen molar-refractivity contribution >= 4 is 17.8 Å². The second-order valence-electron chi connectivity index (χ2n) is 7.14. The summed E-state index contributed by atoms with van der Waals surface area (Å²) in [6.07, 6.45) is 1.38. The summed E-state index contributed by atoms with van der Waals surface area (Å²) >= 11 is 0. The molecule has 0 bridgehead atoms. The van der Waals surface area contributed by atoms with Gasteiger partial charge in [-0.15, -0.1) is 0 Å². The zero-order valence-corrected chi connectivity index (χ0v) is 16.3. The van der Waals surface area contributed by atoms with Crippen molar-refractivity contribution in [2.45, 2.75) is 45.7 Å². The molecule has 1 aromatic carbocycles. The average Bonchev–Trinajstić information content (AvgIpc) is 2.63. The van der Waals surface area contributed by atoms with Gasteiger partial charge in [0.05, 0.1) is 0 Å². The number of carbonyl (C=O) groups excluding carboxylic acids is 3. The van der Waals surface area contributed by atoms with E-state index in [1.54, 1.807) is 6.92 Å². The molecule has 0 spiro atoms. The van der Waals surface area contributed by atoms with E-state index < -0.39 is 12.1 Å². The molecule has 0 aromatic heterocycles.